The van der Waals surface area contributed by atoms with Gasteiger partial charge in [-0.1, -0.05) is 22.4 Å². The maximum absolute atomic E-state index is 12.2. The van der Waals surface area contributed by atoms with Crippen LogP contribution in [0.15, 0.2) is 22.7 Å². The molecule has 1 aromatic rings. The molecule has 0 aliphatic carbocycles. The van der Waals surface area contributed by atoms with Gasteiger partial charge in [0.05, 0.1) is 12.7 Å². The van der Waals surface area contributed by atoms with E-state index in [4.69, 9.17) is 0 Å². The quantitative estimate of drug-likeness (QED) is 0.811. The molecule has 0 bridgehead atoms. The van der Waals surface area contributed by atoms with Crippen LogP contribution in [0.25, 0.3) is 0 Å². The molecule has 0 unspecified atom stereocenters. The third kappa shape index (κ3) is 4.81. The Balaban J connectivity index is 1.91. The first kappa shape index (κ1) is 17.0. The first-order chi connectivity index (χ1) is 10.6. The van der Waals surface area contributed by atoms with Crippen molar-refractivity contribution in [2.75, 3.05) is 33.3 Å². The number of hydrogen-bond acceptors (Lipinski definition) is 4. The van der Waals surface area contributed by atoms with Crippen LogP contribution in [-0.2, 0) is 4.74 Å². The van der Waals surface area contributed by atoms with E-state index in [-0.39, 0.29) is 5.91 Å². The molecule has 22 heavy (non-hydrogen) atoms. The summed E-state index contributed by atoms with van der Waals surface area (Å²) in [6.07, 6.45) is 3.78. The predicted octanol–water partition coefficient (Wildman–Crippen LogP) is 2.45. The molecular formula is C16H21BrN2O3. The van der Waals surface area contributed by atoms with Crippen molar-refractivity contribution in [3.8, 4) is 0 Å². The van der Waals surface area contributed by atoms with E-state index in [1.54, 1.807) is 18.2 Å². The Labute approximate surface area is 139 Å². The summed E-state index contributed by atoms with van der Waals surface area (Å²) in [4.78, 5) is 26.1. The smallest absolute Gasteiger partial charge is 0.337 e. The molecule has 0 spiro atoms. The third-order valence-corrected chi connectivity index (χ3v) is 4.20. The topological polar surface area (TPSA) is 58.6 Å². The van der Waals surface area contributed by atoms with Gasteiger partial charge in [0.15, 0.2) is 0 Å². The highest BCUT2D eigenvalue weighted by atomic mass is 79.9. The lowest BCUT2D eigenvalue weighted by molar-refractivity contribution is 0.0600. The number of amides is 1. The lowest BCUT2D eigenvalue weighted by atomic mass is 10.1. The van der Waals surface area contributed by atoms with Crippen molar-refractivity contribution in [1.82, 2.24) is 10.2 Å². The Bertz CT molecular complexity index is 542. The standard InChI is InChI=1S/C16H21BrN2O3/c1-22-16(21)13-9-12(10-14(17)11-13)15(20)18-5-8-19-6-3-2-4-7-19/h9-11H,2-8H2,1H3,(H,18,20). The Kier molecular flexibility index (Phi) is 6.39. The fraction of sp³-hybridized carbons (Fsp3) is 0.500. The van der Waals surface area contributed by atoms with E-state index >= 15 is 0 Å². The van der Waals surface area contributed by atoms with E-state index < -0.39 is 5.97 Å². The highest BCUT2D eigenvalue weighted by molar-refractivity contribution is 9.10. The highest BCUT2D eigenvalue weighted by Gasteiger charge is 2.14. The monoisotopic (exact) mass is 368 g/mol. The molecule has 6 heteroatoms. The van der Waals surface area contributed by atoms with Crippen LogP contribution in [-0.4, -0.2) is 50.1 Å². The molecule has 5 nitrogen and oxygen atoms in total. The van der Waals surface area contributed by atoms with Crippen molar-refractivity contribution < 1.29 is 14.3 Å². The summed E-state index contributed by atoms with van der Waals surface area (Å²) < 4.78 is 5.37. The summed E-state index contributed by atoms with van der Waals surface area (Å²) in [7, 11) is 1.32. The molecule has 0 atom stereocenters. The van der Waals surface area contributed by atoms with Crippen LogP contribution in [0.2, 0.25) is 0 Å². The fourth-order valence-corrected chi connectivity index (χ4v) is 3.06. The number of nitrogens with one attached hydrogen (secondary N) is 1. The Hall–Kier alpha value is -1.40. The lowest BCUT2D eigenvalue weighted by Crippen LogP contribution is -2.37. The van der Waals surface area contributed by atoms with Crippen LogP contribution in [0.4, 0.5) is 0 Å². The van der Waals surface area contributed by atoms with Crippen LogP contribution in [0, 0.1) is 0 Å². The molecule has 1 aromatic carbocycles. The van der Waals surface area contributed by atoms with Crippen molar-refractivity contribution >= 4 is 27.8 Å². The molecule has 1 fully saturated rings. The molecule has 1 aliphatic heterocycles. The molecular weight excluding hydrogens is 348 g/mol. The number of methoxy groups -OCH3 is 1. The maximum atomic E-state index is 12.2. The molecule has 0 radical (unpaired) electrons. The summed E-state index contributed by atoms with van der Waals surface area (Å²) >= 11 is 3.31. The van der Waals surface area contributed by atoms with Gasteiger partial charge in [-0.2, -0.15) is 0 Å². The Morgan fingerprint density at radius 3 is 2.55 bits per heavy atom. The number of hydrogen-bond donors (Lipinski definition) is 1. The maximum Gasteiger partial charge on any atom is 0.337 e. The number of carbonyl (C=O) groups is 2. The minimum absolute atomic E-state index is 0.177. The van der Waals surface area contributed by atoms with Crippen LogP contribution in [0.3, 0.4) is 0 Å². The van der Waals surface area contributed by atoms with Gasteiger partial charge in [-0.05, 0) is 44.1 Å². The summed E-state index contributed by atoms with van der Waals surface area (Å²) in [5.74, 6) is -0.632. The average Bonchev–Trinajstić information content (AvgIpc) is 2.54. The minimum atomic E-state index is -0.455. The number of nitrogens with zero attached hydrogens (tertiary/aromatic N) is 1. The number of piperidine rings is 1. The second-order valence-corrected chi connectivity index (χ2v) is 6.29. The molecule has 1 saturated heterocycles. The molecule has 1 heterocycles. The van der Waals surface area contributed by atoms with Crippen molar-refractivity contribution in [2.24, 2.45) is 0 Å². The van der Waals surface area contributed by atoms with Gasteiger partial charge in [0.2, 0.25) is 0 Å². The van der Waals surface area contributed by atoms with Crippen molar-refractivity contribution in [2.45, 2.75) is 19.3 Å². The number of halogens is 1. The second kappa shape index (κ2) is 8.29. The first-order valence-corrected chi connectivity index (χ1v) is 8.29. The van der Waals surface area contributed by atoms with E-state index in [0.29, 0.717) is 22.1 Å². The summed E-state index contributed by atoms with van der Waals surface area (Å²) in [6.45, 7) is 3.70. The molecule has 1 aliphatic rings. The van der Waals surface area contributed by atoms with Crippen molar-refractivity contribution in [1.29, 1.82) is 0 Å². The normalized spacial score (nSPS) is 15.4. The number of benzene rings is 1. The largest absolute Gasteiger partial charge is 0.465 e. The highest BCUT2D eigenvalue weighted by Crippen LogP contribution is 2.17. The predicted molar refractivity (Wildman–Crippen MR) is 88.1 cm³/mol. The number of ether oxygens (including phenoxy) is 1. The average molecular weight is 369 g/mol. The van der Waals surface area contributed by atoms with E-state index in [0.717, 1.165) is 19.6 Å². The van der Waals surface area contributed by atoms with Crippen molar-refractivity contribution in [3.63, 3.8) is 0 Å². The van der Waals surface area contributed by atoms with Gasteiger partial charge in [-0.15, -0.1) is 0 Å². The number of carbonyl (C=O) groups excluding carboxylic acids is 2. The summed E-state index contributed by atoms with van der Waals surface area (Å²) in [5, 5.41) is 2.90. The van der Waals surface area contributed by atoms with E-state index in [1.165, 1.54) is 26.4 Å². The molecule has 0 aromatic heterocycles. The third-order valence-electron chi connectivity index (χ3n) is 3.74. The second-order valence-electron chi connectivity index (χ2n) is 5.38. The molecule has 0 saturated carbocycles. The van der Waals surface area contributed by atoms with E-state index in [9.17, 15) is 9.59 Å². The Morgan fingerprint density at radius 1 is 1.18 bits per heavy atom. The SMILES string of the molecule is COC(=O)c1cc(Br)cc(C(=O)NCCN2CCCCC2)c1. The van der Waals surface area contributed by atoms with E-state index in [2.05, 4.69) is 30.9 Å². The molecule has 2 rings (SSSR count). The number of rotatable bonds is 5. The molecule has 1 amide bonds. The lowest BCUT2D eigenvalue weighted by Gasteiger charge is -2.26. The zero-order valence-electron chi connectivity index (χ0n) is 12.7. The van der Waals surface area contributed by atoms with Gasteiger partial charge in [0, 0.05) is 23.1 Å². The van der Waals surface area contributed by atoms with Gasteiger partial charge >= 0.3 is 5.97 Å². The number of esters is 1. The van der Waals surface area contributed by atoms with Crippen LogP contribution in [0.1, 0.15) is 40.0 Å². The van der Waals surface area contributed by atoms with Gasteiger partial charge < -0.3 is 15.0 Å². The molecule has 120 valence electrons. The van der Waals surface area contributed by atoms with E-state index in [1.807, 2.05) is 0 Å². The zero-order chi connectivity index (χ0) is 15.9. The number of likely N-dealkylation sites (tertiary alicyclic amines) is 1. The summed E-state index contributed by atoms with van der Waals surface area (Å²) in [6, 6.07) is 4.88. The van der Waals surface area contributed by atoms with Gasteiger partial charge in [-0.3, -0.25) is 4.79 Å². The van der Waals surface area contributed by atoms with Crippen LogP contribution >= 0.6 is 15.9 Å². The fourth-order valence-electron chi connectivity index (χ4n) is 2.57. The zero-order valence-corrected chi connectivity index (χ0v) is 14.3. The Morgan fingerprint density at radius 2 is 1.86 bits per heavy atom. The molecule has 1 N–H and O–H groups in total. The van der Waals surface area contributed by atoms with Crippen LogP contribution in [0.5, 0.6) is 0 Å². The van der Waals surface area contributed by atoms with Gasteiger partial charge in [0.25, 0.3) is 5.91 Å². The van der Waals surface area contributed by atoms with Crippen LogP contribution < -0.4 is 5.32 Å². The first-order valence-electron chi connectivity index (χ1n) is 7.49. The summed E-state index contributed by atoms with van der Waals surface area (Å²) in [5.41, 5.74) is 0.812. The van der Waals surface area contributed by atoms with Gasteiger partial charge in [0.1, 0.15) is 0 Å². The van der Waals surface area contributed by atoms with Gasteiger partial charge in [-0.25, -0.2) is 4.79 Å². The van der Waals surface area contributed by atoms with Crippen molar-refractivity contribution in [3.05, 3.63) is 33.8 Å². The minimum Gasteiger partial charge on any atom is -0.465 e.